The molecule has 19 heavy (non-hydrogen) atoms. The maximum Gasteiger partial charge on any atom is 0.0627 e. The molecule has 0 rings (SSSR count). The second-order valence-corrected chi connectivity index (χ2v) is 7.47. The SMILES string of the molecule is O=[As](O)(O)O.O=[As](O)(O)O.OCC(CO)(CO)CO. The van der Waals surface area contributed by atoms with Gasteiger partial charge in [0.25, 0.3) is 0 Å². The smallest absolute Gasteiger partial charge is 0.0627 e. The van der Waals surface area contributed by atoms with Gasteiger partial charge in [0.1, 0.15) is 0 Å². The van der Waals surface area contributed by atoms with Gasteiger partial charge in [-0.05, 0) is 0 Å². The quantitative estimate of drug-likeness (QED) is 0.191. The molecule has 0 spiro atoms. The number of rotatable bonds is 4. The van der Waals surface area contributed by atoms with Crippen molar-refractivity contribution >= 4 is 29.0 Å². The van der Waals surface area contributed by atoms with Crippen LogP contribution in [0.25, 0.3) is 0 Å². The van der Waals surface area contributed by atoms with E-state index in [4.69, 9.17) is 52.5 Å². The molecule has 0 heterocycles. The van der Waals surface area contributed by atoms with Crippen molar-refractivity contribution in [2.24, 2.45) is 5.41 Å². The van der Waals surface area contributed by atoms with Gasteiger partial charge < -0.3 is 20.4 Å². The largest absolute Gasteiger partial charge is 0.396 e. The van der Waals surface area contributed by atoms with Gasteiger partial charge >= 0.3 is 61.1 Å². The van der Waals surface area contributed by atoms with Crippen LogP contribution in [-0.2, 0) is 7.48 Å². The molecule has 0 aliphatic rings. The summed E-state index contributed by atoms with van der Waals surface area (Å²) in [6.45, 7) is -1.62. The van der Waals surface area contributed by atoms with Crippen LogP contribution >= 0.6 is 0 Å². The van der Waals surface area contributed by atoms with Crippen LogP contribution in [0, 0.1) is 5.41 Å². The molecule has 12 nitrogen and oxygen atoms in total. The predicted molar refractivity (Wildman–Crippen MR) is 57.0 cm³/mol. The van der Waals surface area contributed by atoms with Gasteiger partial charge in [-0.1, -0.05) is 0 Å². The van der Waals surface area contributed by atoms with Crippen molar-refractivity contribution in [3.05, 3.63) is 0 Å². The zero-order valence-electron chi connectivity index (χ0n) is 9.51. The van der Waals surface area contributed by atoms with Gasteiger partial charge in [-0.3, -0.25) is 0 Å². The molecule has 0 unspecified atom stereocenters. The summed E-state index contributed by atoms with van der Waals surface area (Å²) < 4.78 is 61.4. The number of aliphatic hydroxyl groups excluding tert-OH is 4. The molecular formula is C5H18As2O12. The van der Waals surface area contributed by atoms with Gasteiger partial charge in [0.15, 0.2) is 0 Å². The third kappa shape index (κ3) is 32.1. The normalized spacial score (nSPS) is 11.9. The first-order chi connectivity index (χ1) is 8.24. The molecule has 0 radical (unpaired) electrons. The van der Waals surface area contributed by atoms with Crippen molar-refractivity contribution in [2.75, 3.05) is 26.4 Å². The summed E-state index contributed by atoms with van der Waals surface area (Å²) in [6, 6.07) is 0. The van der Waals surface area contributed by atoms with Crippen LogP contribution in [-0.4, -0.2) is 100 Å². The first-order valence-corrected chi connectivity index (χ1v) is 10.8. The van der Waals surface area contributed by atoms with E-state index in [1.165, 1.54) is 0 Å². The zero-order chi connectivity index (χ0) is 16.3. The van der Waals surface area contributed by atoms with Crippen molar-refractivity contribution < 1.29 is 52.5 Å². The van der Waals surface area contributed by atoms with Crippen molar-refractivity contribution in [3.8, 4) is 0 Å². The van der Waals surface area contributed by atoms with Crippen LogP contribution in [0.1, 0.15) is 0 Å². The molecule has 120 valence electrons. The molecule has 0 fully saturated rings. The van der Waals surface area contributed by atoms with Crippen LogP contribution < -0.4 is 0 Å². The van der Waals surface area contributed by atoms with E-state index in [-0.39, 0.29) is 0 Å². The topological polar surface area (TPSA) is 236 Å². The Morgan fingerprint density at radius 3 is 0.684 bits per heavy atom. The fraction of sp³-hybridized carbons (Fsp3) is 1.00. The Morgan fingerprint density at radius 1 is 0.579 bits per heavy atom. The van der Waals surface area contributed by atoms with Crippen molar-refractivity contribution in [3.63, 3.8) is 0 Å². The summed E-state index contributed by atoms with van der Waals surface area (Å²) in [7, 11) is 0. The second kappa shape index (κ2) is 11.0. The number of hydrogen-bond donors (Lipinski definition) is 10. The van der Waals surface area contributed by atoms with Crippen molar-refractivity contribution in [1.29, 1.82) is 0 Å². The monoisotopic (exact) mass is 420 g/mol. The maximum absolute atomic E-state index is 8.94. The predicted octanol–water partition coefficient (Wildman–Crippen LogP) is -6.40. The minimum Gasteiger partial charge on any atom is -0.396 e. The first-order valence-electron chi connectivity index (χ1n) is 4.24. The molecular weight excluding hydrogens is 402 g/mol. The second-order valence-electron chi connectivity index (χ2n) is 3.16. The Morgan fingerprint density at radius 2 is 0.684 bits per heavy atom. The summed E-state index contributed by atoms with van der Waals surface area (Å²) >= 11 is -10.2. The Bertz CT molecular complexity index is 234. The van der Waals surface area contributed by atoms with Crippen LogP contribution in [0.2, 0.25) is 0 Å². The molecule has 0 aromatic heterocycles. The molecule has 0 aliphatic heterocycles. The van der Waals surface area contributed by atoms with Crippen LogP contribution in [0.5, 0.6) is 0 Å². The molecule has 0 saturated heterocycles. The Kier molecular flexibility index (Phi) is 14.1. The standard InChI is InChI=1S/C5H12O4.2AsH3O4/c6-1-5(2-7,3-8)4-9;2*2-1(3,4)5/h6-9H,1-4H2;2*(H3,2,3,4,5). The Balaban J connectivity index is -0.000000219. The Hall–Kier alpha value is 0.317. The molecule has 0 amide bonds. The molecule has 0 saturated carbocycles. The number of hydrogen-bond acceptors (Lipinski definition) is 6. The van der Waals surface area contributed by atoms with Gasteiger partial charge in [-0.2, -0.15) is 0 Å². The van der Waals surface area contributed by atoms with E-state index >= 15 is 0 Å². The van der Waals surface area contributed by atoms with Gasteiger partial charge in [-0.25, -0.2) is 0 Å². The van der Waals surface area contributed by atoms with E-state index < -0.39 is 60.9 Å². The molecule has 0 aliphatic carbocycles. The van der Waals surface area contributed by atoms with E-state index in [2.05, 4.69) is 0 Å². The van der Waals surface area contributed by atoms with E-state index in [0.29, 0.717) is 0 Å². The summed E-state index contributed by atoms with van der Waals surface area (Å²) in [5.41, 5.74) is -1.11. The maximum atomic E-state index is 8.94. The van der Waals surface area contributed by atoms with Crippen LogP contribution in [0.4, 0.5) is 0 Å². The van der Waals surface area contributed by atoms with Crippen molar-refractivity contribution in [1.82, 2.24) is 0 Å². The van der Waals surface area contributed by atoms with Gasteiger partial charge in [-0.15, -0.1) is 0 Å². The van der Waals surface area contributed by atoms with Gasteiger partial charge in [0, 0.05) is 0 Å². The summed E-state index contributed by atoms with van der Waals surface area (Å²) in [5, 5.41) is 34.0. The summed E-state index contributed by atoms with van der Waals surface area (Å²) in [4.78, 5) is 0. The minimum atomic E-state index is -5.12. The molecule has 14 heteroatoms. The fourth-order valence-corrected chi connectivity index (χ4v) is 0.300. The number of aliphatic hydroxyl groups is 4. The van der Waals surface area contributed by atoms with Crippen molar-refractivity contribution in [2.45, 2.75) is 0 Å². The average molecular weight is 420 g/mol. The first kappa shape index (κ1) is 24.3. The minimum absolute atomic E-state index is 0.406. The summed E-state index contributed by atoms with van der Waals surface area (Å²) in [5.74, 6) is 0. The van der Waals surface area contributed by atoms with E-state index in [1.54, 1.807) is 0 Å². The average Bonchev–Trinajstić information content (AvgIpc) is 2.17. The van der Waals surface area contributed by atoms with Crippen LogP contribution in [0.3, 0.4) is 0 Å². The zero-order valence-corrected chi connectivity index (χ0v) is 13.3. The molecule has 0 aromatic carbocycles. The Labute approximate surface area is 113 Å². The van der Waals surface area contributed by atoms with E-state index in [0.717, 1.165) is 0 Å². The summed E-state index contributed by atoms with van der Waals surface area (Å²) in [6.07, 6.45) is 0. The van der Waals surface area contributed by atoms with Gasteiger partial charge in [0.2, 0.25) is 0 Å². The third-order valence-corrected chi connectivity index (χ3v) is 1.34. The van der Waals surface area contributed by atoms with E-state index in [9.17, 15) is 0 Å². The van der Waals surface area contributed by atoms with Crippen LogP contribution in [0.15, 0.2) is 0 Å². The third-order valence-electron chi connectivity index (χ3n) is 1.34. The molecule has 0 bridgehead atoms. The molecule has 0 atom stereocenters. The van der Waals surface area contributed by atoms with E-state index in [1.807, 2.05) is 0 Å². The fourth-order valence-electron chi connectivity index (χ4n) is 0.300. The van der Waals surface area contributed by atoms with Gasteiger partial charge in [0.05, 0.1) is 31.8 Å². The molecule has 0 aromatic rings. The molecule has 10 N–H and O–H groups in total.